The molecule has 2 unspecified atom stereocenters. The van der Waals surface area contributed by atoms with Crippen LogP contribution in [0.2, 0.25) is 0 Å². The molecule has 0 radical (unpaired) electrons. The molecule has 1 aliphatic carbocycles. The van der Waals surface area contributed by atoms with Crippen LogP contribution in [-0.4, -0.2) is 66.2 Å². The van der Waals surface area contributed by atoms with Gasteiger partial charge in [-0.15, -0.1) is 0 Å². The molecule has 2 fully saturated rings. The van der Waals surface area contributed by atoms with Crippen LogP contribution in [0.15, 0.2) is 0 Å². The van der Waals surface area contributed by atoms with Gasteiger partial charge >= 0.3 is 6.09 Å². The summed E-state index contributed by atoms with van der Waals surface area (Å²) in [6.07, 6.45) is 4.46. The minimum Gasteiger partial charge on any atom is -0.444 e. The van der Waals surface area contributed by atoms with Crippen LogP contribution in [0.25, 0.3) is 0 Å². The molecule has 0 aromatic rings. The largest absolute Gasteiger partial charge is 0.444 e. The first kappa shape index (κ1) is 18.5. The van der Waals surface area contributed by atoms with Crippen molar-refractivity contribution in [2.75, 3.05) is 26.8 Å². The Balaban J connectivity index is 2.03. The molecule has 2 aliphatic rings. The summed E-state index contributed by atoms with van der Waals surface area (Å²) in [5.74, 6) is 0. The van der Waals surface area contributed by atoms with Crippen molar-refractivity contribution in [1.29, 1.82) is 0 Å². The lowest BCUT2D eigenvalue weighted by molar-refractivity contribution is 0.00440. The topological polar surface area (TPSA) is 71.0 Å². The van der Waals surface area contributed by atoms with Crippen LogP contribution in [-0.2, 0) is 9.47 Å². The van der Waals surface area contributed by atoms with Crippen molar-refractivity contribution in [3.05, 3.63) is 0 Å². The molecule has 23 heavy (non-hydrogen) atoms. The molecular formula is C17H32N2O4. The Hall–Kier alpha value is -0.850. The zero-order chi connectivity index (χ0) is 17.1. The van der Waals surface area contributed by atoms with Crippen LogP contribution < -0.4 is 5.32 Å². The highest BCUT2D eigenvalue weighted by Gasteiger charge is 2.53. The van der Waals surface area contributed by atoms with Gasteiger partial charge in [-0.25, -0.2) is 4.79 Å². The fourth-order valence-corrected chi connectivity index (χ4v) is 3.96. The quantitative estimate of drug-likeness (QED) is 0.807. The van der Waals surface area contributed by atoms with Gasteiger partial charge in [0.1, 0.15) is 5.60 Å². The zero-order valence-corrected chi connectivity index (χ0v) is 14.9. The summed E-state index contributed by atoms with van der Waals surface area (Å²) in [7, 11) is 1.58. The van der Waals surface area contributed by atoms with Crippen LogP contribution >= 0.6 is 0 Å². The summed E-state index contributed by atoms with van der Waals surface area (Å²) < 4.78 is 10.6. The van der Waals surface area contributed by atoms with Gasteiger partial charge in [-0.3, -0.25) is 0 Å². The Kier molecular flexibility index (Phi) is 5.92. The second-order valence-corrected chi connectivity index (χ2v) is 7.80. The van der Waals surface area contributed by atoms with Crippen molar-refractivity contribution in [2.24, 2.45) is 0 Å². The van der Waals surface area contributed by atoms with Crippen LogP contribution in [0.4, 0.5) is 4.79 Å². The van der Waals surface area contributed by atoms with Crippen molar-refractivity contribution in [2.45, 2.75) is 76.2 Å². The molecule has 0 bridgehead atoms. The van der Waals surface area contributed by atoms with Gasteiger partial charge in [0, 0.05) is 26.2 Å². The number of hydrogen-bond donors (Lipinski definition) is 2. The van der Waals surface area contributed by atoms with Gasteiger partial charge in [-0.1, -0.05) is 12.8 Å². The summed E-state index contributed by atoms with van der Waals surface area (Å²) >= 11 is 0. The summed E-state index contributed by atoms with van der Waals surface area (Å²) in [6, 6.07) is 0.212. The number of methoxy groups -OCH3 is 1. The summed E-state index contributed by atoms with van der Waals surface area (Å²) in [6.45, 7) is 7.23. The average Bonchev–Trinajstić information content (AvgIpc) is 3.04. The second-order valence-electron chi connectivity index (χ2n) is 7.80. The normalized spacial score (nSPS) is 25.1. The Morgan fingerprint density at radius 3 is 2.61 bits per heavy atom. The van der Waals surface area contributed by atoms with Crippen LogP contribution in [0.1, 0.15) is 52.9 Å². The first-order valence-electron chi connectivity index (χ1n) is 8.69. The van der Waals surface area contributed by atoms with Crippen molar-refractivity contribution >= 4 is 6.09 Å². The summed E-state index contributed by atoms with van der Waals surface area (Å²) in [4.78, 5) is 14.6. The smallest absolute Gasteiger partial charge is 0.410 e. The molecule has 0 aromatic heterocycles. The number of likely N-dealkylation sites (tertiary alicyclic amines) is 1. The van der Waals surface area contributed by atoms with E-state index in [1.54, 1.807) is 7.11 Å². The highest BCUT2D eigenvalue weighted by atomic mass is 16.6. The third-order valence-corrected chi connectivity index (χ3v) is 4.87. The Bertz CT molecular complexity index is 402. The van der Waals surface area contributed by atoms with Gasteiger partial charge in [0.2, 0.25) is 0 Å². The van der Waals surface area contributed by atoms with E-state index in [1.807, 2.05) is 25.7 Å². The SMILES string of the molecule is COCC(O)CNC1CCN(C(=O)OC(C)(C)C)C12CCCC2. The van der Waals surface area contributed by atoms with Gasteiger partial charge in [-0.05, 0) is 40.0 Å². The van der Waals surface area contributed by atoms with E-state index in [9.17, 15) is 9.90 Å². The van der Waals surface area contributed by atoms with E-state index < -0.39 is 11.7 Å². The number of nitrogens with one attached hydrogen (secondary N) is 1. The van der Waals surface area contributed by atoms with Crippen LogP contribution in [0.3, 0.4) is 0 Å². The predicted octanol–water partition coefficient (Wildman–Crippen LogP) is 1.91. The molecule has 1 saturated carbocycles. The monoisotopic (exact) mass is 328 g/mol. The van der Waals surface area contributed by atoms with Gasteiger partial charge in [0.05, 0.1) is 18.2 Å². The van der Waals surface area contributed by atoms with E-state index in [-0.39, 0.29) is 17.7 Å². The highest BCUT2D eigenvalue weighted by molar-refractivity contribution is 5.70. The average molecular weight is 328 g/mol. The Morgan fingerprint density at radius 2 is 2.04 bits per heavy atom. The van der Waals surface area contributed by atoms with Crippen molar-refractivity contribution in [1.82, 2.24) is 10.2 Å². The molecule has 2 N–H and O–H groups in total. The van der Waals surface area contributed by atoms with Gasteiger partial charge in [-0.2, -0.15) is 0 Å². The van der Waals surface area contributed by atoms with Crippen LogP contribution in [0, 0.1) is 0 Å². The fourth-order valence-electron chi connectivity index (χ4n) is 3.96. The number of nitrogens with zero attached hydrogens (tertiary/aromatic N) is 1. The molecule has 1 amide bonds. The number of rotatable bonds is 5. The minimum absolute atomic E-state index is 0.158. The molecule has 134 valence electrons. The fraction of sp³-hybridized carbons (Fsp3) is 0.941. The van der Waals surface area contributed by atoms with Crippen molar-refractivity contribution < 1.29 is 19.4 Å². The number of carbonyl (C=O) groups excluding carboxylic acids is 1. The molecule has 2 atom stereocenters. The number of aliphatic hydroxyl groups is 1. The lowest BCUT2D eigenvalue weighted by Gasteiger charge is -2.40. The number of amides is 1. The van der Waals surface area contributed by atoms with Crippen molar-refractivity contribution in [3.8, 4) is 0 Å². The molecule has 6 heteroatoms. The maximum atomic E-state index is 12.6. The standard InChI is InChI=1S/C17H32N2O4/c1-16(2,3)23-15(21)19-10-7-14(17(19)8-5-6-9-17)18-11-13(20)12-22-4/h13-14,18,20H,5-12H2,1-4H3. The van der Waals surface area contributed by atoms with E-state index >= 15 is 0 Å². The number of ether oxygens (including phenoxy) is 2. The number of carbonyl (C=O) groups is 1. The first-order valence-corrected chi connectivity index (χ1v) is 8.69. The number of hydrogen-bond acceptors (Lipinski definition) is 5. The molecule has 1 aliphatic heterocycles. The Morgan fingerprint density at radius 1 is 1.39 bits per heavy atom. The van der Waals surface area contributed by atoms with Gasteiger partial charge in [0.15, 0.2) is 0 Å². The third kappa shape index (κ3) is 4.37. The van der Waals surface area contributed by atoms with E-state index in [1.165, 1.54) is 0 Å². The summed E-state index contributed by atoms with van der Waals surface area (Å²) in [5, 5.41) is 13.3. The maximum absolute atomic E-state index is 12.6. The summed E-state index contributed by atoms with van der Waals surface area (Å²) in [5.41, 5.74) is -0.633. The van der Waals surface area contributed by atoms with E-state index in [4.69, 9.17) is 9.47 Å². The number of aliphatic hydroxyl groups excluding tert-OH is 1. The van der Waals surface area contributed by atoms with Crippen LogP contribution in [0.5, 0.6) is 0 Å². The van der Waals surface area contributed by atoms with E-state index in [0.29, 0.717) is 19.7 Å². The van der Waals surface area contributed by atoms with Crippen molar-refractivity contribution in [3.63, 3.8) is 0 Å². The maximum Gasteiger partial charge on any atom is 0.410 e. The van der Waals surface area contributed by atoms with E-state index in [0.717, 1.165) is 32.1 Å². The molecule has 6 nitrogen and oxygen atoms in total. The Labute approximate surface area is 139 Å². The lowest BCUT2D eigenvalue weighted by Crippen LogP contribution is -2.57. The first-order chi connectivity index (χ1) is 10.8. The highest BCUT2D eigenvalue weighted by Crippen LogP contribution is 2.44. The molecule has 2 rings (SSSR count). The molecule has 1 spiro atoms. The van der Waals surface area contributed by atoms with E-state index in [2.05, 4.69) is 5.32 Å². The zero-order valence-electron chi connectivity index (χ0n) is 14.9. The van der Waals surface area contributed by atoms with Gasteiger partial charge in [0.25, 0.3) is 0 Å². The molecule has 0 aromatic carbocycles. The molecular weight excluding hydrogens is 296 g/mol. The second kappa shape index (κ2) is 7.36. The molecule has 1 heterocycles. The third-order valence-electron chi connectivity index (χ3n) is 4.87. The minimum atomic E-state index is -0.519. The molecule has 1 saturated heterocycles. The predicted molar refractivity (Wildman–Crippen MR) is 88.4 cm³/mol. The lowest BCUT2D eigenvalue weighted by atomic mass is 9.89. The van der Waals surface area contributed by atoms with Gasteiger partial charge < -0.3 is 24.8 Å².